The summed E-state index contributed by atoms with van der Waals surface area (Å²) in [5.41, 5.74) is 2.54. The van der Waals surface area contributed by atoms with E-state index in [1.54, 1.807) is 0 Å². The third-order valence-corrected chi connectivity index (χ3v) is 3.13. The molecular formula is C16H18F2N2. The summed E-state index contributed by atoms with van der Waals surface area (Å²) in [7, 11) is 0. The molecule has 1 aromatic carbocycles. The highest BCUT2D eigenvalue weighted by Gasteiger charge is 2.21. The second kappa shape index (κ2) is 6.09. The van der Waals surface area contributed by atoms with Gasteiger partial charge in [-0.25, -0.2) is 8.78 Å². The fourth-order valence-electron chi connectivity index (χ4n) is 2.41. The molecule has 1 unspecified atom stereocenters. The number of aryl methyl sites for hydroxylation is 2. The topological polar surface area (TPSA) is 24.9 Å². The number of aromatic nitrogens is 1. The van der Waals surface area contributed by atoms with E-state index in [2.05, 4.69) is 10.3 Å². The molecule has 1 heterocycles. The summed E-state index contributed by atoms with van der Waals surface area (Å²) in [5.74, 6) is -1.08. The maximum Gasteiger partial charge on any atom is 0.131 e. The van der Waals surface area contributed by atoms with Crippen LogP contribution in [0.2, 0.25) is 0 Å². The van der Waals surface area contributed by atoms with E-state index in [0.29, 0.717) is 6.54 Å². The van der Waals surface area contributed by atoms with Gasteiger partial charge in [0.2, 0.25) is 0 Å². The van der Waals surface area contributed by atoms with E-state index in [4.69, 9.17) is 0 Å². The van der Waals surface area contributed by atoms with Gasteiger partial charge in [-0.3, -0.25) is 4.98 Å². The molecule has 0 aliphatic carbocycles. The summed E-state index contributed by atoms with van der Waals surface area (Å²) in [6.45, 7) is 6.26. The number of halogens is 2. The molecule has 1 N–H and O–H groups in total. The molecule has 0 radical (unpaired) electrons. The van der Waals surface area contributed by atoms with Crippen LogP contribution in [0.1, 0.15) is 35.5 Å². The summed E-state index contributed by atoms with van der Waals surface area (Å²) in [6, 6.07) is 7.13. The summed E-state index contributed by atoms with van der Waals surface area (Å²) < 4.78 is 28.0. The van der Waals surface area contributed by atoms with Crippen LogP contribution in [0.3, 0.4) is 0 Å². The molecule has 1 aromatic heterocycles. The van der Waals surface area contributed by atoms with Crippen molar-refractivity contribution in [3.8, 4) is 0 Å². The molecule has 1 atom stereocenters. The first kappa shape index (κ1) is 14.6. The van der Waals surface area contributed by atoms with Gasteiger partial charge < -0.3 is 5.32 Å². The molecule has 20 heavy (non-hydrogen) atoms. The van der Waals surface area contributed by atoms with Crippen LogP contribution in [0.25, 0.3) is 0 Å². The van der Waals surface area contributed by atoms with E-state index in [1.807, 2.05) is 32.9 Å². The van der Waals surface area contributed by atoms with Gasteiger partial charge in [0.15, 0.2) is 0 Å². The van der Waals surface area contributed by atoms with Crippen molar-refractivity contribution in [1.82, 2.24) is 10.3 Å². The third kappa shape index (κ3) is 3.02. The van der Waals surface area contributed by atoms with E-state index in [0.717, 1.165) is 17.0 Å². The van der Waals surface area contributed by atoms with Gasteiger partial charge in [0, 0.05) is 17.0 Å². The van der Waals surface area contributed by atoms with Gasteiger partial charge in [-0.2, -0.15) is 0 Å². The average molecular weight is 276 g/mol. The molecule has 0 saturated heterocycles. The van der Waals surface area contributed by atoms with Gasteiger partial charge in [0.1, 0.15) is 11.6 Å². The normalized spacial score (nSPS) is 12.4. The molecule has 2 rings (SSSR count). The van der Waals surface area contributed by atoms with Gasteiger partial charge in [-0.1, -0.05) is 13.0 Å². The van der Waals surface area contributed by atoms with Crippen LogP contribution in [-0.4, -0.2) is 11.5 Å². The Balaban J connectivity index is 2.56. The maximum absolute atomic E-state index is 14.0. The van der Waals surface area contributed by atoms with E-state index >= 15 is 0 Å². The number of pyridine rings is 1. The standard InChI is InChI=1S/C16H18F2N2/c1-4-19-16(12-8-10(2)20-11(3)9-12)15-13(17)6-5-7-14(15)18/h5-9,16,19H,4H2,1-3H3. The van der Waals surface area contributed by atoms with E-state index < -0.39 is 17.7 Å². The Morgan fingerprint density at radius 3 is 2.15 bits per heavy atom. The summed E-state index contributed by atoms with van der Waals surface area (Å²) >= 11 is 0. The highest BCUT2D eigenvalue weighted by atomic mass is 19.1. The Bertz CT molecular complexity index is 571. The van der Waals surface area contributed by atoms with Gasteiger partial charge in [-0.05, 0) is 50.2 Å². The van der Waals surface area contributed by atoms with Crippen LogP contribution in [0.4, 0.5) is 8.78 Å². The molecule has 0 aliphatic heterocycles. The van der Waals surface area contributed by atoms with Crippen LogP contribution < -0.4 is 5.32 Å². The van der Waals surface area contributed by atoms with Crippen LogP contribution in [0, 0.1) is 25.5 Å². The van der Waals surface area contributed by atoms with Gasteiger partial charge in [-0.15, -0.1) is 0 Å². The third-order valence-electron chi connectivity index (χ3n) is 3.13. The minimum atomic E-state index is -0.539. The molecule has 2 nitrogen and oxygen atoms in total. The Morgan fingerprint density at radius 1 is 1.10 bits per heavy atom. The predicted molar refractivity (Wildman–Crippen MR) is 75.6 cm³/mol. The maximum atomic E-state index is 14.0. The smallest absolute Gasteiger partial charge is 0.131 e. The largest absolute Gasteiger partial charge is 0.306 e. The number of hydrogen-bond donors (Lipinski definition) is 1. The van der Waals surface area contributed by atoms with Crippen molar-refractivity contribution in [3.05, 3.63) is 64.5 Å². The first-order valence-electron chi connectivity index (χ1n) is 6.65. The van der Waals surface area contributed by atoms with Crippen LogP contribution in [0.15, 0.2) is 30.3 Å². The Hall–Kier alpha value is -1.81. The second-order valence-corrected chi connectivity index (χ2v) is 4.81. The fourth-order valence-corrected chi connectivity index (χ4v) is 2.41. The Labute approximate surface area is 117 Å². The lowest BCUT2D eigenvalue weighted by molar-refractivity contribution is 0.510. The van der Waals surface area contributed by atoms with E-state index in [1.165, 1.54) is 18.2 Å². The van der Waals surface area contributed by atoms with Crippen molar-refractivity contribution in [2.75, 3.05) is 6.54 Å². The second-order valence-electron chi connectivity index (χ2n) is 4.81. The SMILES string of the molecule is CCNC(c1cc(C)nc(C)c1)c1c(F)cccc1F. The van der Waals surface area contributed by atoms with Gasteiger partial charge in [0.25, 0.3) is 0 Å². The van der Waals surface area contributed by atoms with E-state index in [-0.39, 0.29) is 5.56 Å². The molecule has 2 aromatic rings. The quantitative estimate of drug-likeness (QED) is 0.921. The number of benzene rings is 1. The van der Waals surface area contributed by atoms with Crippen LogP contribution in [-0.2, 0) is 0 Å². The molecule has 0 aliphatic rings. The van der Waals surface area contributed by atoms with Crippen LogP contribution >= 0.6 is 0 Å². The summed E-state index contributed by atoms with van der Waals surface area (Å²) in [4.78, 5) is 4.30. The highest BCUT2D eigenvalue weighted by Crippen LogP contribution is 2.27. The first-order chi connectivity index (χ1) is 9.52. The molecule has 0 bridgehead atoms. The first-order valence-corrected chi connectivity index (χ1v) is 6.65. The minimum absolute atomic E-state index is 0.0550. The van der Waals surface area contributed by atoms with Crippen molar-refractivity contribution in [1.29, 1.82) is 0 Å². The molecule has 106 valence electrons. The number of rotatable bonds is 4. The highest BCUT2D eigenvalue weighted by molar-refractivity contribution is 5.35. The zero-order valence-corrected chi connectivity index (χ0v) is 11.9. The fraction of sp³-hybridized carbons (Fsp3) is 0.312. The molecule has 4 heteroatoms. The molecular weight excluding hydrogens is 258 g/mol. The molecule has 0 fully saturated rings. The lowest BCUT2D eigenvalue weighted by Gasteiger charge is -2.21. The van der Waals surface area contributed by atoms with Gasteiger partial charge >= 0.3 is 0 Å². The molecule has 0 saturated carbocycles. The lowest BCUT2D eigenvalue weighted by atomic mass is 9.97. The number of nitrogens with zero attached hydrogens (tertiary/aromatic N) is 1. The molecule has 0 spiro atoms. The Kier molecular flexibility index (Phi) is 4.45. The lowest BCUT2D eigenvalue weighted by Crippen LogP contribution is -2.24. The molecule has 0 amide bonds. The zero-order valence-electron chi connectivity index (χ0n) is 11.9. The summed E-state index contributed by atoms with van der Waals surface area (Å²) in [5, 5.41) is 3.14. The van der Waals surface area contributed by atoms with Crippen molar-refractivity contribution in [2.24, 2.45) is 0 Å². The van der Waals surface area contributed by atoms with Gasteiger partial charge in [0.05, 0.1) is 6.04 Å². The van der Waals surface area contributed by atoms with Crippen molar-refractivity contribution in [3.63, 3.8) is 0 Å². The van der Waals surface area contributed by atoms with Crippen molar-refractivity contribution >= 4 is 0 Å². The van der Waals surface area contributed by atoms with Crippen molar-refractivity contribution < 1.29 is 8.78 Å². The average Bonchev–Trinajstić information content (AvgIpc) is 2.36. The monoisotopic (exact) mass is 276 g/mol. The summed E-state index contributed by atoms with van der Waals surface area (Å²) in [6.07, 6.45) is 0. The predicted octanol–water partition coefficient (Wildman–Crippen LogP) is 3.68. The zero-order chi connectivity index (χ0) is 14.7. The number of hydrogen-bond acceptors (Lipinski definition) is 2. The van der Waals surface area contributed by atoms with Crippen molar-refractivity contribution in [2.45, 2.75) is 26.8 Å². The Morgan fingerprint density at radius 2 is 1.65 bits per heavy atom. The van der Waals surface area contributed by atoms with E-state index in [9.17, 15) is 8.78 Å². The number of nitrogens with one attached hydrogen (secondary N) is 1. The van der Waals surface area contributed by atoms with Crippen LogP contribution in [0.5, 0.6) is 0 Å². The minimum Gasteiger partial charge on any atom is -0.306 e.